The number of ether oxygens (including phenoxy) is 1. The Morgan fingerprint density at radius 3 is 2.85 bits per heavy atom. The summed E-state index contributed by atoms with van der Waals surface area (Å²) in [4.78, 5) is 26.1. The third-order valence-electron chi connectivity index (χ3n) is 3.13. The molecule has 7 nitrogen and oxygen atoms in total. The number of urea groups is 1. The van der Waals surface area contributed by atoms with Crippen molar-refractivity contribution in [3.8, 4) is 0 Å². The molecule has 20 heavy (non-hydrogen) atoms. The molecule has 1 aliphatic heterocycles. The molecule has 0 radical (unpaired) electrons. The first-order chi connectivity index (χ1) is 9.47. The molecule has 0 spiro atoms. The molecule has 110 valence electrons. The highest BCUT2D eigenvalue weighted by Crippen LogP contribution is 2.12. The van der Waals surface area contributed by atoms with Crippen molar-refractivity contribution in [1.29, 1.82) is 0 Å². The van der Waals surface area contributed by atoms with E-state index in [-0.39, 0.29) is 19.2 Å². The monoisotopic (exact) mass is 282 g/mol. The molecule has 1 aliphatic rings. The highest BCUT2D eigenvalue weighted by atomic mass is 16.5. The second kappa shape index (κ2) is 5.96. The summed E-state index contributed by atoms with van der Waals surface area (Å²) in [6, 6.07) is 3.43. The van der Waals surface area contributed by atoms with Gasteiger partial charge in [0, 0.05) is 13.6 Å². The van der Waals surface area contributed by atoms with E-state index in [9.17, 15) is 9.59 Å². The molecule has 1 N–H and O–H groups in total. The van der Waals surface area contributed by atoms with Crippen molar-refractivity contribution in [2.24, 2.45) is 0 Å². The molecule has 2 amide bonds. The van der Waals surface area contributed by atoms with Crippen LogP contribution in [0.2, 0.25) is 0 Å². The lowest BCUT2D eigenvalue weighted by Gasteiger charge is -2.33. The zero-order valence-electron chi connectivity index (χ0n) is 11.5. The van der Waals surface area contributed by atoms with Gasteiger partial charge in [-0.05, 0) is 19.1 Å². The van der Waals surface area contributed by atoms with E-state index < -0.39 is 12.1 Å². The minimum atomic E-state index is -1.05. The first kappa shape index (κ1) is 14.4. The molecule has 1 fully saturated rings. The second-order valence-corrected chi connectivity index (χ2v) is 4.79. The van der Waals surface area contributed by atoms with Crippen molar-refractivity contribution in [2.45, 2.75) is 19.6 Å². The minimum Gasteiger partial charge on any atom is -0.479 e. The Kier molecular flexibility index (Phi) is 4.29. The first-order valence-corrected chi connectivity index (χ1v) is 6.37. The minimum absolute atomic E-state index is 0.0652. The Hall–Kier alpha value is -2.02. The van der Waals surface area contributed by atoms with E-state index in [1.165, 1.54) is 9.80 Å². The SMILES string of the molecule is Cc1ccc(CN(C)C(=O)N2CCOC(C(=O)O)C2)o1. The molecule has 7 heteroatoms. The number of rotatable bonds is 3. The van der Waals surface area contributed by atoms with Gasteiger partial charge in [0.05, 0.1) is 19.7 Å². The summed E-state index contributed by atoms with van der Waals surface area (Å²) >= 11 is 0. The quantitative estimate of drug-likeness (QED) is 0.891. The summed E-state index contributed by atoms with van der Waals surface area (Å²) in [5.74, 6) is 0.436. The van der Waals surface area contributed by atoms with E-state index in [1.807, 2.05) is 19.1 Å². The highest BCUT2D eigenvalue weighted by molar-refractivity contribution is 5.77. The maximum absolute atomic E-state index is 12.2. The molecule has 0 saturated carbocycles. The van der Waals surface area contributed by atoms with Gasteiger partial charge in [-0.1, -0.05) is 0 Å². The van der Waals surface area contributed by atoms with Crippen LogP contribution in [-0.4, -0.2) is 59.8 Å². The Labute approximate surface area is 116 Å². The fourth-order valence-electron chi connectivity index (χ4n) is 2.09. The summed E-state index contributed by atoms with van der Waals surface area (Å²) in [5, 5.41) is 8.92. The molecule has 1 unspecified atom stereocenters. The van der Waals surface area contributed by atoms with Gasteiger partial charge in [0.25, 0.3) is 0 Å². The number of amides is 2. The number of hydrogen-bond donors (Lipinski definition) is 1. The summed E-state index contributed by atoms with van der Waals surface area (Å²) in [6.45, 7) is 2.88. The number of carbonyl (C=O) groups excluding carboxylic acids is 1. The summed E-state index contributed by atoms with van der Waals surface area (Å²) in [6.07, 6.45) is -0.952. The van der Waals surface area contributed by atoms with Crippen molar-refractivity contribution in [3.63, 3.8) is 0 Å². The average Bonchev–Trinajstić information content (AvgIpc) is 2.83. The first-order valence-electron chi connectivity index (χ1n) is 6.37. The van der Waals surface area contributed by atoms with Gasteiger partial charge in [-0.25, -0.2) is 9.59 Å². The van der Waals surface area contributed by atoms with Gasteiger partial charge in [0.2, 0.25) is 0 Å². The lowest BCUT2D eigenvalue weighted by molar-refractivity contribution is -0.154. The predicted octanol–water partition coefficient (Wildman–Crippen LogP) is 0.925. The zero-order valence-corrected chi connectivity index (χ0v) is 11.5. The van der Waals surface area contributed by atoms with Crippen LogP contribution < -0.4 is 0 Å². The lowest BCUT2D eigenvalue weighted by Crippen LogP contribution is -2.51. The number of carbonyl (C=O) groups is 2. The number of aryl methyl sites for hydroxylation is 1. The molecule has 0 aliphatic carbocycles. The van der Waals surface area contributed by atoms with Gasteiger partial charge in [0.1, 0.15) is 11.5 Å². The number of hydrogen-bond acceptors (Lipinski definition) is 4. The molecule has 1 saturated heterocycles. The molecule has 1 aromatic rings. The van der Waals surface area contributed by atoms with Gasteiger partial charge in [-0.2, -0.15) is 0 Å². The number of morpholine rings is 1. The Bertz CT molecular complexity index is 499. The van der Waals surface area contributed by atoms with E-state index in [0.717, 1.165) is 5.76 Å². The van der Waals surface area contributed by atoms with Crippen LogP contribution >= 0.6 is 0 Å². The summed E-state index contributed by atoms with van der Waals surface area (Å²) in [5.41, 5.74) is 0. The fraction of sp³-hybridized carbons (Fsp3) is 0.538. The van der Waals surface area contributed by atoms with Crippen molar-refractivity contribution >= 4 is 12.0 Å². The van der Waals surface area contributed by atoms with Gasteiger partial charge >= 0.3 is 12.0 Å². The predicted molar refractivity (Wildman–Crippen MR) is 69.3 cm³/mol. The van der Waals surface area contributed by atoms with Gasteiger partial charge in [-0.15, -0.1) is 0 Å². The van der Waals surface area contributed by atoms with Crippen LogP contribution in [0.5, 0.6) is 0 Å². The Balaban J connectivity index is 1.94. The maximum atomic E-state index is 12.2. The second-order valence-electron chi connectivity index (χ2n) is 4.79. The highest BCUT2D eigenvalue weighted by Gasteiger charge is 2.30. The van der Waals surface area contributed by atoms with Crippen LogP contribution in [0.15, 0.2) is 16.5 Å². The topological polar surface area (TPSA) is 83.2 Å². The Morgan fingerprint density at radius 1 is 1.50 bits per heavy atom. The van der Waals surface area contributed by atoms with Crippen molar-refractivity contribution < 1.29 is 23.8 Å². The van der Waals surface area contributed by atoms with E-state index >= 15 is 0 Å². The standard InChI is InChI=1S/C13H18N2O5/c1-9-3-4-10(20-9)7-14(2)13(18)15-5-6-19-11(8-15)12(16)17/h3-4,11H,5-8H2,1-2H3,(H,16,17). The van der Waals surface area contributed by atoms with E-state index in [2.05, 4.69) is 0 Å². The Morgan fingerprint density at radius 2 is 2.25 bits per heavy atom. The van der Waals surface area contributed by atoms with E-state index in [1.54, 1.807) is 7.05 Å². The van der Waals surface area contributed by atoms with Gasteiger partial charge < -0.3 is 24.1 Å². The number of nitrogens with zero attached hydrogens (tertiary/aromatic N) is 2. The largest absolute Gasteiger partial charge is 0.479 e. The lowest BCUT2D eigenvalue weighted by atomic mass is 10.3. The smallest absolute Gasteiger partial charge is 0.334 e. The molecule has 0 bridgehead atoms. The molecule has 0 aromatic carbocycles. The third kappa shape index (κ3) is 3.30. The third-order valence-corrected chi connectivity index (χ3v) is 3.13. The van der Waals surface area contributed by atoms with Crippen LogP contribution in [-0.2, 0) is 16.1 Å². The number of aliphatic carboxylic acids is 1. The van der Waals surface area contributed by atoms with Crippen LogP contribution in [0.4, 0.5) is 4.79 Å². The molecule has 2 rings (SSSR count). The fourth-order valence-corrected chi connectivity index (χ4v) is 2.09. The van der Waals surface area contributed by atoms with E-state index in [4.69, 9.17) is 14.3 Å². The molecule has 2 heterocycles. The molecular formula is C13H18N2O5. The number of carboxylic acids is 1. The van der Waals surface area contributed by atoms with E-state index in [0.29, 0.717) is 18.8 Å². The molecule has 1 aromatic heterocycles. The van der Waals surface area contributed by atoms with Crippen LogP contribution in [0.25, 0.3) is 0 Å². The normalized spacial score (nSPS) is 18.9. The zero-order chi connectivity index (χ0) is 14.7. The van der Waals surface area contributed by atoms with Gasteiger partial charge in [0.15, 0.2) is 6.10 Å². The summed E-state index contributed by atoms with van der Waals surface area (Å²) in [7, 11) is 1.66. The number of furan rings is 1. The van der Waals surface area contributed by atoms with Crippen molar-refractivity contribution in [1.82, 2.24) is 9.80 Å². The average molecular weight is 282 g/mol. The van der Waals surface area contributed by atoms with Crippen molar-refractivity contribution in [3.05, 3.63) is 23.7 Å². The van der Waals surface area contributed by atoms with Crippen LogP contribution in [0, 0.1) is 6.92 Å². The number of carboxylic acid groups (broad SMARTS) is 1. The maximum Gasteiger partial charge on any atom is 0.334 e. The van der Waals surface area contributed by atoms with Crippen LogP contribution in [0.3, 0.4) is 0 Å². The summed E-state index contributed by atoms with van der Waals surface area (Å²) < 4.78 is 10.5. The van der Waals surface area contributed by atoms with Crippen LogP contribution in [0.1, 0.15) is 11.5 Å². The molecule has 1 atom stereocenters. The van der Waals surface area contributed by atoms with Gasteiger partial charge in [-0.3, -0.25) is 0 Å². The molecular weight excluding hydrogens is 264 g/mol. The van der Waals surface area contributed by atoms with Crippen molar-refractivity contribution in [2.75, 3.05) is 26.7 Å².